The molecular weight excluding hydrogens is 623 g/mol. The van der Waals surface area contributed by atoms with Crippen LogP contribution in [0.4, 0.5) is 0 Å². The first-order chi connectivity index (χ1) is 25.3. The number of aromatic nitrogens is 3. The topological polar surface area (TPSA) is 51.8 Å². The fourth-order valence-electron chi connectivity index (χ4n) is 7.25. The molecule has 0 fully saturated rings. The van der Waals surface area contributed by atoms with Crippen LogP contribution < -0.4 is 0 Å². The largest absolute Gasteiger partial charge is 0.456 e. The average molecular weight is 652 g/mol. The van der Waals surface area contributed by atoms with Gasteiger partial charge >= 0.3 is 0 Å². The molecule has 0 saturated heterocycles. The van der Waals surface area contributed by atoms with Gasteiger partial charge in [0.25, 0.3) is 0 Å². The Kier molecular flexibility index (Phi) is 6.78. The molecule has 8 aromatic carbocycles. The van der Waals surface area contributed by atoms with E-state index in [0.29, 0.717) is 17.5 Å². The molecular formula is C47H29N3O. The van der Waals surface area contributed by atoms with Crippen molar-refractivity contribution in [3.8, 4) is 56.4 Å². The molecule has 0 amide bonds. The van der Waals surface area contributed by atoms with Gasteiger partial charge in [-0.3, -0.25) is 0 Å². The van der Waals surface area contributed by atoms with E-state index in [1.165, 1.54) is 5.39 Å². The highest BCUT2D eigenvalue weighted by molar-refractivity contribution is 6.15. The molecule has 0 atom stereocenters. The maximum absolute atomic E-state index is 6.29. The molecule has 0 aliphatic carbocycles. The molecule has 4 nitrogen and oxygen atoms in total. The number of para-hydroxylation sites is 1. The Morgan fingerprint density at radius 1 is 0.314 bits per heavy atom. The van der Waals surface area contributed by atoms with Crippen molar-refractivity contribution in [3.05, 3.63) is 176 Å². The lowest BCUT2D eigenvalue weighted by atomic mass is 9.93. The van der Waals surface area contributed by atoms with E-state index in [0.717, 1.165) is 77.0 Å². The second-order valence-corrected chi connectivity index (χ2v) is 12.8. The Labute approximate surface area is 294 Å². The Hall–Kier alpha value is -6.91. The predicted molar refractivity (Wildman–Crippen MR) is 209 cm³/mol. The predicted octanol–water partition coefficient (Wildman–Crippen LogP) is 12.4. The quantitative estimate of drug-likeness (QED) is 0.174. The van der Waals surface area contributed by atoms with Gasteiger partial charge in [0.1, 0.15) is 11.2 Å². The second kappa shape index (κ2) is 11.9. The number of furan rings is 1. The minimum atomic E-state index is 0.597. The third-order valence-corrected chi connectivity index (χ3v) is 9.74. The summed E-state index contributed by atoms with van der Waals surface area (Å²) in [4.78, 5) is 15.7. The Morgan fingerprint density at radius 2 is 0.882 bits per heavy atom. The van der Waals surface area contributed by atoms with Crippen molar-refractivity contribution >= 4 is 43.5 Å². The van der Waals surface area contributed by atoms with Crippen LogP contribution in [-0.4, -0.2) is 15.0 Å². The minimum absolute atomic E-state index is 0.597. The zero-order valence-electron chi connectivity index (χ0n) is 27.5. The fraction of sp³-hybridized carbons (Fsp3) is 0. The molecule has 2 heterocycles. The van der Waals surface area contributed by atoms with Crippen molar-refractivity contribution in [1.29, 1.82) is 0 Å². The first-order valence-corrected chi connectivity index (χ1v) is 17.1. The fourth-order valence-corrected chi connectivity index (χ4v) is 7.25. The van der Waals surface area contributed by atoms with Gasteiger partial charge in [-0.05, 0) is 68.1 Å². The highest BCUT2D eigenvalue weighted by Crippen LogP contribution is 2.39. The molecule has 0 bridgehead atoms. The summed E-state index contributed by atoms with van der Waals surface area (Å²) in [5.41, 5.74) is 9.00. The maximum atomic E-state index is 6.29. The van der Waals surface area contributed by atoms with Gasteiger partial charge < -0.3 is 4.42 Å². The van der Waals surface area contributed by atoms with E-state index in [-0.39, 0.29) is 0 Å². The number of rotatable bonds is 5. The van der Waals surface area contributed by atoms with E-state index in [1.807, 2.05) is 42.5 Å². The van der Waals surface area contributed by atoms with Crippen LogP contribution >= 0.6 is 0 Å². The van der Waals surface area contributed by atoms with Crippen LogP contribution in [0.5, 0.6) is 0 Å². The molecule has 0 radical (unpaired) electrons. The van der Waals surface area contributed by atoms with E-state index in [1.54, 1.807) is 0 Å². The van der Waals surface area contributed by atoms with Crippen molar-refractivity contribution in [2.45, 2.75) is 0 Å². The maximum Gasteiger partial charge on any atom is 0.164 e. The lowest BCUT2D eigenvalue weighted by Crippen LogP contribution is -2.01. The summed E-state index contributed by atoms with van der Waals surface area (Å²) in [5, 5.41) is 6.58. The highest BCUT2D eigenvalue weighted by Gasteiger charge is 2.20. The Morgan fingerprint density at radius 3 is 1.67 bits per heavy atom. The van der Waals surface area contributed by atoms with Crippen LogP contribution in [0, 0.1) is 0 Å². The molecule has 0 aliphatic rings. The van der Waals surface area contributed by atoms with Crippen LogP contribution in [0.2, 0.25) is 0 Å². The highest BCUT2D eigenvalue weighted by atomic mass is 16.3. The van der Waals surface area contributed by atoms with Crippen LogP contribution in [0.1, 0.15) is 0 Å². The van der Waals surface area contributed by atoms with E-state index in [2.05, 4.69) is 133 Å². The summed E-state index contributed by atoms with van der Waals surface area (Å²) in [5.74, 6) is 1.83. The van der Waals surface area contributed by atoms with Crippen molar-refractivity contribution in [2.75, 3.05) is 0 Å². The molecule has 0 spiro atoms. The van der Waals surface area contributed by atoms with Crippen molar-refractivity contribution in [3.63, 3.8) is 0 Å². The minimum Gasteiger partial charge on any atom is -0.456 e. The molecule has 10 aromatic rings. The third-order valence-electron chi connectivity index (χ3n) is 9.74. The first-order valence-electron chi connectivity index (χ1n) is 17.1. The van der Waals surface area contributed by atoms with E-state index >= 15 is 0 Å². The molecule has 4 heteroatoms. The van der Waals surface area contributed by atoms with Crippen LogP contribution in [-0.2, 0) is 0 Å². The summed E-state index contributed by atoms with van der Waals surface area (Å²) >= 11 is 0. The standard InChI is InChI=1S/C47H29N3O/c1-3-12-30(13-4-1)32-22-24-33(25-23-32)45-48-46(39-19-11-21-43-44(39)38-18-9-10-20-42(38)51-43)50-47(49-45)41-29-35-16-7-8-17-36(35)37-27-26-34(28-40(37)41)31-14-5-2-6-15-31/h1-29H. The Bertz CT molecular complexity index is 2900. The van der Waals surface area contributed by atoms with Gasteiger partial charge in [0.05, 0.1) is 0 Å². The second-order valence-electron chi connectivity index (χ2n) is 12.8. The summed E-state index contributed by atoms with van der Waals surface area (Å²) < 4.78 is 6.29. The van der Waals surface area contributed by atoms with E-state index < -0.39 is 0 Å². The van der Waals surface area contributed by atoms with Crippen LogP contribution in [0.15, 0.2) is 180 Å². The number of nitrogens with zero attached hydrogens (tertiary/aromatic N) is 3. The molecule has 238 valence electrons. The van der Waals surface area contributed by atoms with Crippen LogP contribution in [0.25, 0.3) is 99.9 Å². The van der Waals surface area contributed by atoms with Gasteiger partial charge in [0.15, 0.2) is 17.5 Å². The zero-order chi connectivity index (χ0) is 33.7. The van der Waals surface area contributed by atoms with E-state index in [4.69, 9.17) is 19.4 Å². The van der Waals surface area contributed by atoms with Crippen molar-refractivity contribution in [2.24, 2.45) is 0 Å². The summed E-state index contributed by atoms with van der Waals surface area (Å²) in [6.07, 6.45) is 0. The lowest BCUT2D eigenvalue weighted by molar-refractivity contribution is 0.669. The molecule has 0 unspecified atom stereocenters. The number of fused-ring (bicyclic) bond motifs is 6. The normalized spacial score (nSPS) is 11.5. The van der Waals surface area contributed by atoms with Gasteiger partial charge in [-0.2, -0.15) is 0 Å². The SMILES string of the molecule is c1ccc(-c2ccc(-c3nc(-c4cc5ccccc5c5ccc(-c6ccccc6)cc45)nc(-c4cccc5oc6ccccc6c45)n3)cc2)cc1. The Balaban J connectivity index is 1.25. The van der Waals surface area contributed by atoms with Gasteiger partial charge in [0.2, 0.25) is 0 Å². The summed E-state index contributed by atoms with van der Waals surface area (Å²) in [6.45, 7) is 0. The van der Waals surface area contributed by atoms with Gasteiger partial charge in [-0.25, -0.2) is 15.0 Å². The summed E-state index contributed by atoms with van der Waals surface area (Å²) in [7, 11) is 0. The first kappa shape index (κ1) is 29.0. The van der Waals surface area contributed by atoms with Gasteiger partial charge in [0, 0.05) is 27.5 Å². The summed E-state index contributed by atoms with van der Waals surface area (Å²) in [6, 6.07) is 61.1. The number of benzene rings is 8. The van der Waals surface area contributed by atoms with Crippen molar-refractivity contribution < 1.29 is 4.42 Å². The van der Waals surface area contributed by atoms with Crippen molar-refractivity contribution in [1.82, 2.24) is 15.0 Å². The molecule has 51 heavy (non-hydrogen) atoms. The lowest BCUT2D eigenvalue weighted by Gasteiger charge is -2.14. The average Bonchev–Trinajstić information content (AvgIpc) is 3.60. The molecule has 10 rings (SSSR count). The smallest absolute Gasteiger partial charge is 0.164 e. The number of hydrogen-bond donors (Lipinski definition) is 0. The molecule has 0 N–H and O–H groups in total. The van der Waals surface area contributed by atoms with E-state index in [9.17, 15) is 0 Å². The van der Waals surface area contributed by atoms with Gasteiger partial charge in [-0.15, -0.1) is 0 Å². The van der Waals surface area contributed by atoms with Gasteiger partial charge in [-0.1, -0.05) is 152 Å². The third kappa shape index (κ3) is 5.04. The monoisotopic (exact) mass is 651 g/mol. The zero-order valence-corrected chi connectivity index (χ0v) is 27.5. The molecule has 0 aliphatic heterocycles. The van der Waals surface area contributed by atoms with Crippen LogP contribution in [0.3, 0.4) is 0 Å². The number of hydrogen-bond acceptors (Lipinski definition) is 4. The molecule has 2 aromatic heterocycles. The molecule has 0 saturated carbocycles.